The van der Waals surface area contributed by atoms with Crippen LogP contribution in [0.4, 0.5) is 13.9 Å². The molecule has 2 aromatic heterocycles. The monoisotopic (exact) mass is 425 g/mol. The molecule has 0 radical (unpaired) electrons. The number of oxazole rings is 1. The number of benzene rings is 2. The number of carbonyl (C=O) groups excluding carboxylic acids is 1. The van der Waals surface area contributed by atoms with Crippen LogP contribution in [-0.4, -0.2) is 15.9 Å². The van der Waals surface area contributed by atoms with Crippen molar-refractivity contribution >= 4 is 22.4 Å². The Bertz CT molecular complexity index is 1220. The molecule has 30 heavy (non-hydrogen) atoms. The van der Waals surface area contributed by atoms with Crippen LogP contribution in [0.1, 0.15) is 16.3 Å². The van der Waals surface area contributed by atoms with Gasteiger partial charge in [0.15, 0.2) is 16.8 Å². The van der Waals surface area contributed by atoms with Gasteiger partial charge in [0.2, 0.25) is 11.8 Å². The molecular weight excluding hydrogens is 408 g/mol. The number of halogens is 2. The summed E-state index contributed by atoms with van der Waals surface area (Å²) in [5, 5.41) is 3.12. The molecule has 4 rings (SSSR count). The minimum atomic E-state index is -0.943. The van der Waals surface area contributed by atoms with E-state index in [0.29, 0.717) is 33.7 Å². The predicted octanol–water partition coefficient (Wildman–Crippen LogP) is 5.54. The molecule has 0 saturated carbocycles. The summed E-state index contributed by atoms with van der Waals surface area (Å²) in [6, 6.07) is 13.0. The average Bonchev–Trinajstić information content (AvgIpc) is 3.27. The summed E-state index contributed by atoms with van der Waals surface area (Å²) in [7, 11) is 0. The molecule has 0 bridgehead atoms. The third kappa shape index (κ3) is 4.13. The highest BCUT2D eigenvalue weighted by Gasteiger charge is 2.17. The normalized spacial score (nSPS) is 10.9. The second kappa shape index (κ2) is 8.16. The number of aromatic nitrogens is 2. The Hall–Kier alpha value is -3.39. The van der Waals surface area contributed by atoms with Gasteiger partial charge in [-0.15, -0.1) is 11.3 Å². The molecule has 0 saturated heterocycles. The molecule has 152 valence electrons. The molecule has 0 atom stereocenters. The van der Waals surface area contributed by atoms with Gasteiger partial charge in [-0.3, -0.25) is 4.79 Å². The van der Waals surface area contributed by atoms with Gasteiger partial charge in [0.25, 0.3) is 0 Å². The fourth-order valence-electron chi connectivity index (χ4n) is 2.97. The predicted molar refractivity (Wildman–Crippen MR) is 111 cm³/mol. The first kappa shape index (κ1) is 19.9. The Morgan fingerprint density at radius 2 is 1.80 bits per heavy atom. The number of anilines is 1. The smallest absolute Gasteiger partial charge is 0.232 e. The number of aryl methyl sites for hydroxylation is 2. The van der Waals surface area contributed by atoms with Crippen molar-refractivity contribution in [2.24, 2.45) is 0 Å². The lowest BCUT2D eigenvalue weighted by atomic mass is 10.1. The lowest BCUT2D eigenvalue weighted by molar-refractivity contribution is -0.115. The Morgan fingerprint density at radius 3 is 2.53 bits per heavy atom. The summed E-state index contributed by atoms with van der Waals surface area (Å²) in [4.78, 5) is 22.1. The lowest BCUT2D eigenvalue weighted by Crippen LogP contribution is -2.15. The van der Waals surface area contributed by atoms with Crippen LogP contribution in [-0.2, 0) is 11.2 Å². The quantitative estimate of drug-likeness (QED) is 0.456. The highest BCUT2D eigenvalue weighted by atomic mass is 32.1. The van der Waals surface area contributed by atoms with Gasteiger partial charge in [0, 0.05) is 16.0 Å². The largest absolute Gasteiger partial charge is 0.441 e. The van der Waals surface area contributed by atoms with Crippen LogP contribution < -0.4 is 5.32 Å². The van der Waals surface area contributed by atoms with E-state index in [0.717, 1.165) is 22.6 Å². The van der Waals surface area contributed by atoms with Gasteiger partial charge in [-0.05, 0) is 44.2 Å². The third-order valence-corrected chi connectivity index (χ3v) is 5.36. The molecule has 2 aromatic carbocycles. The summed E-state index contributed by atoms with van der Waals surface area (Å²) in [6.45, 7) is 3.56. The Balaban J connectivity index is 1.49. The molecule has 0 aliphatic carbocycles. The average molecular weight is 425 g/mol. The van der Waals surface area contributed by atoms with Gasteiger partial charge >= 0.3 is 0 Å². The molecular formula is C22H17F2N3O2S. The van der Waals surface area contributed by atoms with Crippen LogP contribution in [0.25, 0.3) is 22.7 Å². The maximum atomic E-state index is 13.5. The van der Waals surface area contributed by atoms with Gasteiger partial charge in [-0.25, -0.2) is 18.7 Å². The Kier molecular flexibility index (Phi) is 5.41. The van der Waals surface area contributed by atoms with E-state index in [1.165, 1.54) is 17.4 Å². The zero-order valence-corrected chi connectivity index (χ0v) is 17.0. The number of rotatable bonds is 5. The number of hydrogen-bond acceptors (Lipinski definition) is 5. The van der Waals surface area contributed by atoms with Crippen LogP contribution in [0, 0.1) is 25.5 Å². The highest BCUT2D eigenvalue weighted by molar-refractivity contribution is 7.16. The SMILES string of the molecule is Cc1oc(-c2ccccc2)nc1CC(=O)Nc1nc(-c2ccc(F)c(F)c2)c(C)s1. The van der Waals surface area contributed by atoms with Crippen molar-refractivity contribution in [2.75, 3.05) is 5.32 Å². The Labute approximate surface area is 175 Å². The third-order valence-electron chi connectivity index (χ3n) is 4.48. The maximum Gasteiger partial charge on any atom is 0.232 e. The van der Waals surface area contributed by atoms with Gasteiger partial charge in [0.1, 0.15) is 5.76 Å². The van der Waals surface area contributed by atoms with Crippen molar-refractivity contribution in [2.45, 2.75) is 20.3 Å². The maximum absolute atomic E-state index is 13.5. The van der Waals surface area contributed by atoms with Crippen molar-refractivity contribution < 1.29 is 18.0 Å². The van der Waals surface area contributed by atoms with E-state index < -0.39 is 11.6 Å². The first-order chi connectivity index (χ1) is 14.4. The number of hydrogen-bond donors (Lipinski definition) is 1. The highest BCUT2D eigenvalue weighted by Crippen LogP contribution is 2.31. The van der Waals surface area contributed by atoms with E-state index >= 15 is 0 Å². The van der Waals surface area contributed by atoms with Gasteiger partial charge in [-0.2, -0.15) is 0 Å². The number of carbonyl (C=O) groups is 1. The molecule has 0 unspecified atom stereocenters. The summed E-state index contributed by atoms with van der Waals surface area (Å²) in [5.41, 5.74) is 2.32. The van der Waals surface area contributed by atoms with Crippen molar-refractivity contribution in [3.05, 3.63) is 76.5 Å². The van der Waals surface area contributed by atoms with E-state index in [9.17, 15) is 13.6 Å². The second-order valence-electron chi connectivity index (χ2n) is 6.67. The first-order valence-corrected chi connectivity index (χ1v) is 9.97. The van der Waals surface area contributed by atoms with Gasteiger partial charge in [-0.1, -0.05) is 18.2 Å². The standard InChI is InChI=1S/C22H17F2N3O2S/c1-12-18(25-21(29-12)14-6-4-3-5-7-14)11-19(28)26-22-27-20(13(2)30-22)15-8-9-16(23)17(24)10-15/h3-10H,11H2,1-2H3,(H,26,27,28). The van der Waals surface area contributed by atoms with Gasteiger partial charge < -0.3 is 9.73 Å². The molecule has 0 fully saturated rings. The Morgan fingerprint density at radius 1 is 1.03 bits per heavy atom. The zero-order valence-electron chi connectivity index (χ0n) is 16.2. The van der Waals surface area contributed by atoms with Crippen molar-refractivity contribution in [3.63, 3.8) is 0 Å². The minimum Gasteiger partial charge on any atom is -0.441 e. The van der Waals surface area contributed by atoms with Crippen LogP contribution >= 0.6 is 11.3 Å². The molecule has 4 aromatic rings. The molecule has 2 heterocycles. The second-order valence-corrected chi connectivity index (χ2v) is 7.87. The summed E-state index contributed by atoms with van der Waals surface area (Å²) < 4.78 is 32.4. The van der Waals surface area contributed by atoms with Crippen LogP contribution in [0.15, 0.2) is 52.9 Å². The molecule has 1 N–H and O–H groups in total. The molecule has 0 aliphatic heterocycles. The van der Waals surface area contributed by atoms with Crippen molar-refractivity contribution in [1.82, 2.24) is 9.97 Å². The number of nitrogens with zero attached hydrogens (tertiary/aromatic N) is 2. The lowest BCUT2D eigenvalue weighted by Gasteiger charge is -2.01. The van der Waals surface area contributed by atoms with E-state index in [1.807, 2.05) is 30.3 Å². The summed E-state index contributed by atoms with van der Waals surface area (Å²) >= 11 is 1.26. The van der Waals surface area contributed by atoms with E-state index in [1.54, 1.807) is 13.8 Å². The minimum absolute atomic E-state index is 0.0291. The van der Waals surface area contributed by atoms with E-state index in [2.05, 4.69) is 15.3 Å². The summed E-state index contributed by atoms with van der Waals surface area (Å²) in [6.07, 6.45) is 0.0291. The van der Waals surface area contributed by atoms with Crippen molar-refractivity contribution in [3.8, 4) is 22.7 Å². The number of thiazole rings is 1. The molecule has 8 heteroatoms. The fraction of sp³-hybridized carbons (Fsp3) is 0.136. The molecule has 0 spiro atoms. The molecule has 1 amide bonds. The van der Waals surface area contributed by atoms with E-state index in [4.69, 9.17) is 4.42 Å². The van der Waals surface area contributed by atoms with Crippen LogP contribution in [0.2, 0.25) is 0 Å². The number of nitrogens with one attached hydrogen (secondary N) is 1. The van der Waals surface area contributed by atoms with E-state index in [-0.39, 0.29) is 12.3 Å². The van der Waals surface area contributed by atoms with Crippen LogP contribution in [0.5, 0.6) is 0 Å². The molecule has 5 nitrogen and oxygen atoms in total. The van der Waals surface area contributed by atoms with Gasteiger partial charge in [0.05, 0.1) is 17.8 Å². The van der Waals surface area contributed by atoms with Crippen molar-refractivity contribution in [1.29, 1.82) is 0 Å². The topological polar surface area (TPSA) is 68.0 Å². The number of amides is 1. The fourth-order valence-corrected chi connectivity index (χ4v) is 3.82. The first-order valence-electron chi connectivity index (χ1n) is 9.15. The summed E-state index contributed by atoms with van der Waals surface area (Å²) in [5.74, 6) is -1.13. The molecule has 0 aliphatic rings. The zero-order chi connectivity index (χ0) is 21.3. The van der Waals surface area contributed by atoms with Crippen LogP contribution in [0.3, 0.4) is 0 Å².